The SMILES string of the molecule is CSc1nccc(-c2nc(-c3c(Cl)cccc3Cl)n(O)c2-c2cccc(Cl)c2)n1. The van der Waals surface area contributed by atoms with Gasteiger partial charge >= 0.3 is 0 Å². The first kappa shape index (κ1) is 20.0. The molecule has 1 N–H and O–H groups in total. The molecule has 146 valence electrons. The van der Waals surface area contributed by atoms with Gasteiger partial charge in [0.2, 0.25) is 0 Å². The summed E-state index contributed by atoms with van der Waals surface area (Å²) in [5.74, 6) is 0.204. The molecule has 0 atom stereocenters. The predicted molar refractivity (Wildman–Crippen MR) is 118 cm³/mol. The molecule has 4 rings (SSSR count). The van der Waals surface area contributed by atoms with E-state index in [4.69, 9.17) is 34.8 Å². The summed E-state index contributed by atoms with van der Waals surface area (Å²) in [5, 5.41) is 12.9. The van der Waals surface area contributed by atoms with E-state index < -0.39 is 0 Å². The zero-order valence-electron chi connectivity index (χ0n) is 15.0. The van der Waals surface area contributed by atoms with Crippen molar-refractivity contribution >= 4 is 46.6 Å². The molecule has 0 saturated heterocycles. The monoisotopic (exact) mass is 462 g/mol. The number of benzene rings is 2. The highest BCUT2D eigenvalue weighted by molar-refractivity contribution is 7.98. The number of thioether (sulfide) groups is 1. The van der Waals surface area contributed by atoms with Crippen LogP contribution in [0.2, 0.25) is 15.1 Å². The molecule has 0 radical (unpaired) electrons. The van der Waals surface area contributed by atoms with E-state index in [-0.39, 0.29) is 5.82 Å². The molecule has 0 aliphatic heterocycles. The fourth-order valence-corrected chi connectivity index (χ4v) is 4.04. The molecule has 0 aliphatic carbocycles. The Morgan fingerprint density at radius 2 is 1.69 bits per heavy atom. The highest BCUT2D eigenvalue weighted by atomic mass is 35.5. The van der Waals surface area contributed by atoms with Gasteiger partial charge in [0, 0.05) is 16.8 Å². The molecule has 0 aliphatic rings. The van der Waals surface area contributed by atoms with Crippen molar-refractivity contribution in [3.8, 4) is 34.0 Å². The fourth-order valence-electron chi connectivity index (χ4n) is 2.93. The van der Waals surface area contributed by atoms with Gasteiger partial charge in [-0.2, -0.15) is 4.73 Å². The molecular formula is C20H13Cl3N4OS. The summed E-state index contributed by atoms with van der Waals surface area (Å²) in [6.45, 7) is 0. The lowest BCUT2D eigenvalue weighted by molar-refractivity contribution is 0.195. The minimum Gasteiger partial charge on any atom is -0.426 e. The van der Waals surface area contributed by atoms with Gasteiger partial charge in [0.1, 0.15) is 11.4 Å². The Morgan fingerprint density at radius 1 is 0.966 bits per heavy atom. The Bertz CT molecular complexity index is 1190. The van der Waals surface area contributed by atoms with Gasteiger partial charge in [-0.1, -0.05) is 64.8 Å². The number of hydrogen-bond donors (Lipinski definition) is 1. The third-order valence-electron chi connectivity index (χ3n) is 4.20. The molecular weight excluding hydrogens is 451 g/mol. The van der Waals surface area contributed by atoms with Crippen molar-refractivity contribution in [3.63, 3.8) is 0 Å². The zero-order valence-corrected chi connectivity index (χ0v) is 18.1. The lowest BCUT2D eigenvalue weighted by Gasteiger charge is -2.08. The number of nitrogens with zero attached hydrogens (tertiary/aromatic N) is 4. The number of halogens is 3. The van der Waals surface area contributed by atoms with Gasteiger partial charge in [-0.15, -0.1) is 0 Å². The summed E-state index contributed by atoms with van der Waals surface area (Å²) < 4.78 is 0.967. The zero-order chi connectivity index (χ0) is 20.5. The summed E-state index contributed by atoms with van der Waals surface area (Å²) in [7, 11) is 0. The molecule has 0 spiro atoms. The van der Waals surface area contributed by atoms with Crippen LogP contribution in [0, 0.1) is 0 Å². The number of aromatic nitrogens is 4. The first-order chi connectivity index (χ1) is 14.0. The van der Waals surface area contributed by atoms with Crippen molar-refractivity contribution < 1.29 is 5.21 Å². The average Bonchev–Trinajstić information content (AvgIpc) is 3.05. The minimum atomic E-state index is 0.204. The molecule has 2 aromatic heterocycles. The van der Waals surface area contributed by atoms with Crippen LogP contribution in [0.15, 0.2) is 59.9 Å². The van der Waals surface area contributed by atoms with Gasteiger partial charge < -0.3 is 5.21 Å². The van der Waals surface area contributed by atoms with E-state index in [0.717, 1.165) is 4.73 Å². The van der Waals surface area contributed by atoms with Crippen molar-refractivity contribution in [2.45, 2.75) is 5.16 Å². The van der Waals surface area contributed by atoms with Gasteiger partial charge in [-0.05, 0) is 36.6 Å². The first-order valence-electron chi connectivity index (χ1n) is 8.39. The fraction of sp³-hybridized carbons (Fsp3) is 0.0500. The van der Waals surface area contributed by atoms with Crippen molar-refractivity contribution in [1.29, 1.82) is 0 Å². The number of imidazole rings is 1. The van der Waals surface area contributed by atoms with E-state index in [2.05, 4.69) is 15.0 Å². The molecule has 2 aromatic carbocycles. The van der Waals surface area contributed by atoms with Crippen LogP contribution in [0.5, 0.6) is 0 Å². The summed E-state index contributed by atoms with van der Waals surface area (Å²) in [6.07, 6.45) is 3.53. The second-order valence-corrected chi connectivity index (χ2v) is 8.00. The molecule has 29 heavy (non-hydrogen) atoms. The van der Waals surface area contributed by atoms with Crippen LogP contribution in [0.3, 0.4) is 0 Å². The third-order valence-corrected chi connectivity index (χ3v) is 5.62. The Morgan fingerprint density at radius 3 is 2.38 bits per heavy atom. The minimum absolute atomic E-state index is 0.204. The smallest absolute Gasteiger partial charge is 0.187 e. The third kappa shape index (κ3) is 3.81. The maximum absolute atomic E-state index is 11.1. The van der Waals surface area contributed by atoms with Crippen molar-refractivity contribution in [2.24, 2.45) is 0 Å². The van der Waals surface area contributed by atoms with Crippen LogP contribution in [0.25, 0.3) is 34.0 Å². The molecule has 0 fully saturated rings. The summed E-state index contributed by atoms with van der Waals surface area (Å²) in [6, 6.07) is 14.0. The van der Waals surface area contributed by atoms with Crippen LogP contribution in [0.4, 0.5) is 0 Å². The maximum atomic E-state index is 11.1. The average molecular weight is 464 g/mol. The van der Waals surface area contributed by atoms with Crippen LogP contribution >= 0.6 is 46.6 Å². The van der Waals surface area contributed by atoms with Crippen molar-refractivity contribution in [2.75, 3.05) is 6.26 Å². The van der Waals surface area contributed by atoms with E-state index in [1.165, 1.54) is 11.8 Å². The molecule has 4 aromatic rings. The Labute approximate surface area is 186 Å². The molecule has 0 amide bonds. The quantitative estimate of drug-likeness (QED) is 0.210. The van der Waals surface area contributed by atoms with Gasteiger partial charge in [-0.25, -0.2) is 15.0 Å². The van der Waals surface area contributed by atoms with Crippen LogP contribution < -0.4 is 0 Å². The molecule has 0 bridgehead atoms. The highest BCUT2D eigenvalue weighted by Gasteiger charge is 2.25. The van der Waals surface area contributed by atoms with E-state index in [1.54, 1.807) is 48.7 Å². The van der Waals surface area contributed by atoms with Crippen LogP contribution in [0.1, 0.15) is 0 Å². The topological polar surface area (TPSA) is 63.8 Å². The lowest BCUT2D eigenvalue weighted by Crippen LogP contribution is -1.98. The molecule has 9 heteroatoms. The first-order valence-corrected chi connectivity index (χ1v) is 10.7. The Hall–Kier alpha value is -2.25. The van der Waals surface area contributed by atoms with E-state index in [1.807, 2.05) is 12.3 Å². The predicted octanol–water partition coefficient (Wildman–Crippen LogP) is 6.59. The van der Waals surface area contributed by atoms with Crippen molar-refractivity contribution in [3.05, 3.63) is 69.8 Å². The number of hydrogen-bond acceptors (Lipinski definition) is 5. The highest BCUT2D eigenvalue weighted by Crippen LogP contribution is 2.40. The Kier molecular flexibility index (Phi) is 5.69. The molecule has 0 unspecified atom stereocenters. The van der Waals surface area contributed by atoms with Gasteiger partial charge in [0.25, 0.3) is 0 Å². The second-order valence-electron chi connectivity index (χ2n) is 5.98. The summed E-state index contributed by atoms with van der Waals surface area (Å²) >= 11 is 20.3. The normalized spacial score (nSPS) is 11.0. The Balaban J connectivity index is 2.04. The van der Waals surface area contributed by atoms with Gasteiger partial charge in [-0.3, -0.25) is 0 Å². The lowest BCUT2D eigenvalue weighted by atomic mass is 10.1. The standard InChI is InChI=1S/C20H13Cl3N4OS/c1-29-20-24-9-8-15(25-20)17-18(11-4-2-5-12(21)10-11)27(28)19(26-17)16-13(22)6-3-7-14(16)23/h2-10,28H,1H3. The van der Waals surface area contributed by atoms with Crippen LogP contribution in [-0.2, 0) is 0 Å². The van der Waals surface area contributed by atoms with Crippen molar-refractivity contribution in [1.82, 2.24) is 19.7 Å². The van der Waals surface area contributed by atoms with E-state index >= 15 is 0 Å². The van der Waals surface area contributed by atoms with Gasteiger partial charge in [0.15, 0.2) is 11.0 Å². The molecule has 2 heterocycles. The number of rotatable bonds is 4. The van der Waals surface area contributed by atoms with Crippen LogP contribution in [-0.4, -0.2) is 31.1 Å². The largest absolute Gasteiger partial charge is 0.426 e. The summed E-state index contributed by atoms with van der Waals surface area (Å²) in [5.41, 5.74) is 2.52. The van der Waals surface area contributed by atoms with Gasteiger partial charge in [0.05, 0.1) is 21.3 Å². The van der Waals surface area contributed by atoms with E-state index in [9.17, 15) is 5.21 Å². The molecule has 0 saturated carbocycles. The maximum Gasteiger partial charge on any atom is 0.187 e. The molecule has 5 nitrogen and oxygen atoms in total. The van der Waals surface area contributed by atoms with E-state index in [0.29, 0.717) is 48.4 Å². The summed E-state index contributed by atoms with van der Waals surface area (Å²) in [4.78, 5) is 13.4. The second kappa shape index (κ2) is 8.24.